The predicted molar refractivity (Wildman–Crippen MR) is 70.0 cm³/mol. The molecule has 0 saturated carbocycles. The van der Waals surface area contributed by atoms with Crippen LogP contribution in [-0.4, -0.2) is 30.3 Å². The molecule has 1 aliphatic heterocycles. The summed E-state index contributed by atoms with van der Waals surface area (Å²) >= 11 is 0. The van der Waals surface area contributed by atoms with Gasteiger partial charge in [-0.3, -0.25) is 4.79 Å². The van der Waals surface area contributed by atoms with Gasteiger partial charge in [0, 0.05) is 32.0 Å². The van der Waals surface area contributed by atoms with Crippen molar-refractivity contribution in [2.24, 2.45) is 5.92 Å². The third-order valence-corrected chi connectivity index (χ3v) is 3.66. The molecule has 1 unspecified atom stereocenters. The van der Waals surface area contributed by atoms with Crippen LogP contribution < -0.4 is 0 Å². The van der Waals surface area contributed by atoms with Crippen molar-refractivity contribution < 1.29 is 4.79 Å². The maximum atomic E-state index is 11.6. The molecule has 2 nitrogen and oxygen atoms in total. The van der Waals surface area contributed by atoms with E-state index in [0.717, 1.165) is 38.9 Å². The van der Waals surface area contributed by atoms with Gasteiger partial charge in [0.25, 0.3) is 0 Å². The molecule has 1 heterocycles. The lowest BCUT2D eigenvalue weighted by molar-refractivity contribution is -0.126. The van der Waals surface area contributed by atoms with Crippen molar-refractivity contribution in [1.82, 2.24) is 4.90 Å². The van der Waals surface area contributed by atoms with Gasteiger partial charge in [-0.1, -0.05) is 37.3 Å². The second kappa shape index (κ2) is 5.97. The summed E-state index contributed by atoms with van der Waals surface area (Å²) in [6.45, 7) is 5.10. The Labute approximate surface area is 104 Å². The maximum absolute atomic E-state index is 11.6. The molecule has 0 spiro atoms. The average Bonchev–Trinajstić information content (AvgIpc) is 2.39. The summed E-state index contributed by atoms with van der Waals surface area (Å²) in [5, 5.41) is 0. The number of ketones is 1. The van der Waals surface area contributed by atoms with Gasteiger partial charge in [0.15, 0.2) is 0 Å². The van der Waals surface area contributed by atoms with E-state index in [4.69, 9.17) is 0 Å². The third-order valence-electron chi connectivity index (χ3n) is 3.66. The van der Waals surface area contributed by atoms with E-state index >= 15 is 0 Å². The molecule has 92 valence electrons. The second-order valence-corrected chi connectivity index (χ2v) is 4.86. The Hall–Kier alpha value is -1.15. The van der Waals surface area contributed by atoms with Gasteiger partial charge in [0.05, 0.1) is 0 Å². The first-order valence-corrected chi connectivity index (χ1v) is 6.58. The summed E-state index contributed by atoms with van der Waals surface area (Å²) in [4.78, 5) is 14.1. The Kier molecular flexibility index (Phi) is 4.32. The van der Waals surface area contributed by atoms with Crippen molar-refractivity contribution in [2.45, 2.75) is 26.2 Å². The molecular weight excluding hydrogens is 210 g/mol. The SMILES string of the molecule is CCC1CN(CCc2ccccc2)CCC1=O. The van der Waals surface area contributed by atoms with Crippen molar-refractivity contribution >= 4 is 5.78 Å². The molecule has 0 amide bonds. The number of benzene rings is 1. The van der Waals surface area contributed by atoms with Gasteiger partial charge in [-0.05, 0) is 18.4 Å². The molecule has 17 heavy (non-hydrogen) atoms. The zero-order valence-corrected chi connectivity index (χ0v) is 10.6. The highest BCUT2D eigenvalue weighted by Gasteiger charge is 2.24. The van der Waals surface area contributed by atoms with E-state index in [1.54, 1.807) is 0 Å². The predicted octanol–water partition coefficient (Wildman–Crippen LogP) is 2.53. The van der Waals surface area contributed by atoms with E-state index in [1.807, 2.05) is 0 Å². The van der Waals surface area contributed by atoms with E-state index in [2.05, 4.69) is 42.2 Å². The van der Waals surface area contributed by atoms with Crippen LogP contribution in [0.25, 0.3) is 0 Å². The molecule has 0 aromatic heterocycles. The minimum Gasteiger partial charge on any atom is -0.302 e. The van der Waals surface area contributed by atoms with Gasteiger partial charge in [0.1, 0.15) is 5.78 Å². The van der Waals surface area contributed by atoms with Gasteiger partial charge < -0.3 is 4.90 Å². The van der Waals surface area contributed by atoms with Crippen molar-refractivity contribution in [1.29, 1.82) is 0 Å². The van der Waals surface area contributed by atoms with Crippen LogP contribution in [0.5, 0.6) is 0 Å². The van der Waals surface area contributed by atoms with Gasteiger partial charge in [-0.25, -0.2) is 0 Å². The fourth-order valence-electron chi connectivity index (χ4n) is 2.47. The first kappa shape index (κ1) is 12.3. The van der Waals surface area contributed by atoms with E-state index in [9.17, 15) is 4.79 Å². The van der Waals surface area contributed by atoms with Crippen LogP contribution in [0.4, 0.5) is 0 Å². The molecule has 0 aliphatic carbocycles. The monoisotopic (exact) mass is 231 g/mol. The summed E-state index contributed by atoms with van der Waals surface area (Å²) in [7, 11) is 0. The summed E-state index contributed by atoms with van der Waals surface area (Å²) in [6, 6.07) is 10.6. The molecule has 1 aliphatic rings. The Morgan fingerprint density at radius 2 is 2.06 bits per heavy atom. The van der Waals surface area contributed by atoms with Gasteiger partial charge >= 0.3 is 0 Å². The quantitative estimate of drug-likeness (QED) is 0.793. The standard InChI is InChI=1S/C15H21NO/c1-2-14-12-16(11-9-15(14)17)10-8-13-6-4-3-5-7-13/h3-7,14H,2,8-12H2,1H3. The van der Waals surface area contributed by atoms with Crippen LogP contribution in [0.1, 0.15) is 25.3 Å². The number of nitrogens with zero attached hydrogens (tertiary/aromatic N) is 1. The van der Waals surface area contributed by atoms with Gasteiger partial charge in [0.2, 0.25) is 0 Å². The largest absolute Gasteiger partial charge is 0.302 e. The summed E-state index contributed by atoms with van der Waals surface area (Å²) in [5.74, 6) is 0.739. The topological polar surface area (TPSA) is 20.3 Å². The van der Waals surface area contributed by atoms with Crippen LogP contribution >= 0.6 is 0 Å². The lowest BCUT2D eigenvalue weighted by Crippen LogP contribution is -2.41. The van der Waals surface area contributed by atoms with Crippen LogP contribution in [0, 0.1) is 5.92 Å². The Balaban J connectivity index is 1.82. The Morgan fingerprint density at radius 3 is 2.76 bits per heavy atom. The van der Waals surface area contributed by atoms with Crippen molar-refractivity contribution in [3.63, 3.8) is 0 Å². The number of hydrogen-bond acceptors (Lipinski definition) is 2. The van der Waals surface area contributed by atoms with E-state index in [-0.39, 0.29) is 5.92 Å². The minimum absolute atomic E-state index is 0.277. The van der Waals surface area contributed by atoms with Gasteiger partial charge in [-0.2, -0.15) is 0 Å². The molecule has 1 aromatic rings. The minimum atomic E-state index is 0.277. The molecule has 0 N–H and O–H groups in total. The second-order valence-electron chi connectivity index (χ2n) is 4.86. The average molecular weight is 231 g/mol. The molecule has 1 saturated heterocycles. The normalized spacial score (nSPS) is 21.7. The highest BCUT2D eigenvalue weighted by atomic mass is 16.1. The first-order chi connectivity index (χ1) is 8.29. The summed E-state index contributed by atoms with van der Waals surface area (Å²) in [5.41, 5.74) is 1.39. The Bertz CT molecular complexity index is 360. The first-order valence-electron chi connectivity index (χ1n) is 6.58. The maximum Gasteiger partial charge on any atom is 0.138 e. The summed E-state index contributed by atoms with van der Waals surface area (Å²) < 4.78 is 0. The fraction of sp³-hybridized carbons (Fsp3) is 0.533. The lowest BCUT2D eigenvalue weighted by atomic mass is 9.94. The zero-order valence-electron chi connectivity index (χ0n) is 10.6. The number of likely N-dealkylation sites (tertiary alicyclic amines) is 1. The number of carbonyl (C=O) groups excluding carboxylic acids is 1. The van der Waals surface area contributed by atoms with E-state index in [0.29, 0.717) is 5.78 Å². The molecule has 2 rings (SSSR count). The molecular formula is C15H21NO. The fourth-order valence-corrected chi connectivity index (χ4v) is 2.47. The Morgan fingerprint density at radius 1 is 1.29 bits per heavy atom. The zero-order chi connectivity index (χ0) is 12.1. The van der Waals surface area contributed by atoms with Crippen molar-refractivity contribution in [2.75, 3.05) is 19.6 Å². The highest BCUT2D eigenvalue weighted by molar-refractivity contribution is 5.82. The lowest BCUT2D eigenvalue weighted by Gasteiger charge is -2.31. The van der Waals surface area contributed by atoms with Crippen LogP contribution in [0.15, 0.2) is 30.3 Å². The summed E-state index contributed by atoms with van der Waals surface area (Å²) in [6.07, 6.45) is 2.82. The molecule has 1 atom stereocenters. The molecule has 0 bridgehead atoms. The molecule has 0 radical (unpaired) electrons. The van der Waals surface area contributed by atoms with Gasteiger partial charge in [-0.15, -0.1) is 0 Å². The van der Waals surface area contributed by atoms with Crippen LogP contribution in [-0.2, 0) is 11.2 Å². The number of hydrogen-bond donors (Lipinski definition) is 0. The molecule has 2 heteroatoms. The van der Waals surface area contributed by atoms with E-state index < -0.39 is 0 Å². The number of rotatable bonds is 4. The third kappa shape index (κ3) is 3.40. The van der Waals surface area contributed by atoms with Crippen molar-refractivity contribution in [3.05, 3.63) is 35.9 Å². The van der Waals surface area contributed by atoms with Crippen LogP contribution in [0.2, 0.25) is 0 Å². The van der Waals surface area contributed by atoms with Crippen molar-refractivity contribution in [3.8, 4) is 0 Å². The molecule has 1 aromatic carbocycles. The van der Waals surface area contributed by atoms with E-state index in [1.165, 1.54) is 5.56 Å². The smallest absolute Gasteiger partial charge is 0.138 e. The number of carbonyl (C=O) groups is 1. The number of Topliss-reactive ketones (excluding diaryl/α,β-unsaturated/α-hetero) is 1. The molecule has 1 fully saturated rings. The highest BCUT2D eigenvalue weighted by Crippen LogP contribution is 2.16. The number of piperidine rings is 1. The van der Waals surface area contributed by atoms with Crippen LogP contribution in [0.3, 0.4) is 0 Å².